The third kappa shape index (κ3) is 4.92. The third-order valence-electron chi connectivity index (χ3n) is 2.97. The Labute approximate surface area is 147 Å². The van der Waals surface area contributed by atoms with E-state index in [1.807, 2.05) is 5.43 Å². The highest BCUT2D eigenvalue weighted by molar-refractivity contribution is 6.39. The standard InChI is InChI=1S/C16H13ClFN3O4/c1-25-14-6-9(2-5-13(14)22)8-19-21-16(24)15(23)20-10-3-4-12(18)11(17)7-10/h2-8,22H,1H3,(H,20,23)(H,21,24)/b19-8+. The van der Waals surface area contributed by atoms with E-state index >= 15 is 0 Å². The molecule has 0 spiro atoms. The Morgan fingerprint density at radius 1 is 1.24 bits per heavy atom. The van der Waals surface area contributed by atoms with E-state index < -0.39 is 17.6 Å². The number of methoxy groups -OCH3 is 1. The first kappa shape index (κ1) is 18.2. The Kier molecular flexibility index (Phi) is 5.91. The van der Waals surface area contributed by atoms with Crippen LogP contribution in [0.5, 0.6) is 11.5 Å². The molecule has 7 nitrogen and oxygen atoms in total. The molecule has 3 N–H and O–H groups in total. The molecular weight excluding hydrogens is 353 g/mol. The Balaban J connectivity index is 1.94. The summed E-state index contributed by atoms with van der Waals surface area (Å²) in [4.78, 5) is 23.4. The van der Waals surface area contributed by atoms with E-state index in [4.69, 9.17) is 16.3 Å². The minimum Gasteiger partial charge on any atom is -0.504 e. The van der Waals surface area contributed by atoms with Gasteiger partial charge in [-0.2, -0.15) is 5.10 Å². The van der Waals surface area contributed by atoms with Crippen LogP contribution in [0.3, 0.4) is 0 Å². The number of phenolic OH excluding ortho intramolecular Hbond substituents is 1. The zero-order valence-corrected chi connectivity index (χ0v) is 13.7. The van der Waals surface area contributed by atoms with Gasteiger partial charge in [-0.05, 0) is 42.0 Å². The fourth-order valence-corrected chi connectivity index (χ4v) is 1.93. The Morgan fingerprint density at radius 3 is 2.68 bits per heavy atom. The van der Waals surface area contributed by atoms with Crippen LogP contribution in [0.25, 0.3) is 0 Å². The van der Waals surface area contributed by atoms with Gasteiger partial charge < -0.3 is 15.2 Å². The normalized spacial score (nSPS) is 10.5. The number of carbonyl (C=O) groups is 2. The fourth-order valence-electron chi connectivity index (χ4n) is 1.75. The SMILES string of the molecule is COc1cc(/C=N/NC(=O)C(=O)Nc2ccc(F)c(Cl)c2)ccc1O. The predicted octanol–water partition coefficient (Wildman–Crippen LogP) is 2.28. The highest BCUT2D eigenvalue weighted by Crippen LogP contribution is 2.25. The predicted molar refractivity (Wildman–Crippen MR) is 90.4 cm³/mol. The van der Waals surface area contributed by atoms with E-state index in [1.54, 1.807) is 0 Å². The second-order valence-electron chi connectivity index (χ2n) is 4.71. The van der Waals surface area contributed by atoms with Gasteiger partial charge in [0.15, 0.2) is 11.5 Å². The number of ether oxygens (including phenoxy) is 1. The average molecular weight is 366 g/mol. The van der Waals surface area contributed by atoms with Gasteiger partial charge in [0.1, 0.15) is 5.82 Å². The molecule has 0 aromatic heterocycles. The van der Waals surface area contributed by atoms with Crippen LogP contribution in [-0.2, 0) is 9.59 Å². The Hall–Kier alpha value is -3.13. The van der Waals surface area contributed by atoms with Gasteiger partial charge in [0, 0.05) is 5.69 Å². The maximum absolute atomic E-state index is 13.0. The second kappa shape index (κ2) is 8.11. The van der Waals surface area contributed by atoms with E-state index in [1.165, 1.54) is 43.7 Å². The lowest BCUT2D eigenvalue weighted by Gasteiger charge is -2.05. The van der Waals surface area contributed by atoms with Crippen LogP contribution in [0.2, 0.25) is 5.02 Å². The van der Waals surface area contributed by atoms with Gasteiger partial charge in [0.2, 0.25) is 0 Å². The molecule has 0 aliphatic heterocycles. The summed E-state index contributed by atoms with van der Waals surface area (Å²) in [7, 11) is 1.39. The van der Waals surface area contributed by atoms with Crippen LogP contribution in [0.1, 0.15) is 5.56 Å². The van der Waals surface area contributed by atoms with Crippen molar-refractivity contribution >= 4 is 35.3 Å². The number of phenols is 1. The molecule has 2 rings (SSSR count). The third-order valence-corrected chi connectivity index (χ3v) is 3.26. The number of anilines is 1. The summed E-state index contributed by atoms with van der Waals surface area (Å²) in [5.41, 5.74) is 2.73. The Morgan fingerprint density at radius 2 is 2.00 bits per heavy atom. The van der Waals surface area contributed by atoms with Gasteiger partial charge >= 0.3 is 11.8 Å². The van der Waals surface area contributed by atoms with Crippen LogP contribution in [0.15, 0.2) is 41.5 Å². The smallest absolute Gasteiger partial charge is 0.329 e. The number of rotatable bonds is 4. The number of aromatic hydroxyl groups is 1. The lowest BCUT2D eigenvalue weighted by molar-refractivity contribution is -0.136. The number of hydrogen-bond acceptors (Lipinski definition) is 5. The molecule has 2 amide bonds. The van der Waals surface area contributed by atoms with Crippen molar-refractivity contribution in [1.29, 1.82) is 0 Å². The molecule has 0 fully saturated rings. The van der Waals surface area contributed by atoms with Crippen molar-refractivity contribution < 1.29 is 23.8 Å². The summed E-state index contributed by atoms with van der Waals surface area (Å²) < 4.78 is 18.0. The molecule has 25 heavy (non-hydrogen) atoms. The number of nitrogens with zero attached hydrogens (tertiary/aromatic N) is 1. The van der Waals surface area contributed by atoms with Crippen LogP contribution < -0.4 is 15.5 Å². The molecule has 9 heteroatoms. The summed E-state index contributed by atoms with van der Waals surface area (Å²) in [5, 5.41) is 15.2. The van der Waals surface area contributed by atoms with Crippen LogP contribution >= 0.6 is 11.6 Å². The maximum atomic E-state index is 13.0. The van der Waals surface area contributed by atoms with Crippen molar-refractivity contribution in [2.45, 2.75) is 0 Å². The average Bonchev–Trinajstić information content (AvgIpc) is 2.59. The van der Waals surface area contributed by atoms with E-state index in [2.05, 4.69) is 10.4 Å². The maximum Gasteiger partial charge on any atom is 0.329 e. The van der Waals surface area contributed by atoms with E-state index in [0.29, 0.717) is 5.56 Å². The van der Waals surface area contributed by atoms with Gasteiger partial charge in [-0.3, -0.25) is 9.59 Å². The number of hydrazone groups is 1. The molecule has 0 aliphatic rings. The summed E-state index contributed by atoms with van der Waals surface area (Å²) in [6.07, 6.45) is 1.27. The number of amides is 2. The lowest BCUT2D eigenvalue weighted by Crippen LogP contribution is -2.32. The summed E-state index contributed by atoms with van der Waals surface area (Å²) >= 11 is 5.59. The van der Waals surface area contributed by atoms with Crippen LogP contribution in [-0.4, -0.2) is 30.2 Å². The molecule has 0 aliphatic carbocycles. The van der Waals surface area contributed by atoms with Crippen molar-refractivity contribution in [2.24, 2.45) is 5.10 Å². The molecule has 0 bridgehead atoms. The molecule has 0 heterocycles. The van der Waals surface area contributed by atoms with Gasteiger partial charge in [-0.15, -0.1) is 0 Å². The zero-order valence-electron chi connectivity index (χ0n) is 12.9. The van der Waals surface area contributed by atoms with Crippen molar-refractivity contribution in [3.63, 3.8) is 0 Å². The van der Waals surface area contributed by atoms with Gasteiger partial charge in [-0.25, -0.2) is 9.82 Å². The van der Waals surface area contributed by atoms with Gasteiger partial charge in [0.25, 0.3) is 0 Å². The Bertz CT molecular complexity index is 842. The summed E-state index contributed by atoms with van der Waals surface area (Å²) in [6.45, 7) is 0. The molecule has 0 saturated carbocycles. The van der Waals surface area contributed by atoms with Crippen LogP contribution in [0.4, 0.5) is 10.1 Å². The largest absolute Gasteiger partial charge is 0.504 e. The van der Waals surface area contributed by atoms with Crippen molar-refractivity contribution in [2.75, 3.05) is 12.4 Å². The van der Waals surface area contributed by atoms with Crippen molar-refractivity contribution in [1.82, 2.24) is 5.43 Å². The quantitative estimate of drug-likeness (QED) is 0.439. The second-order valence-corrected chi connectivity index (χ2v) is 5.12. The number of nitrogens with one attached hydrogen (secondary N) is 2. The van der Waals surface area contributed by atoms with Crippen molar-refractivity contribution in [3.8, 4) is 11.5 Å². The van der Waals surface area contributed by atoms with E-state index in [9.17, 15) is 19.1 Å². The topological polar surface area (TPSA) is 100 Å². The molecule has 0 radical (unpaired) electrons. The first-order valence-electron chi connectivity index (χ1n) is 6.87. The minimum absolute atomic E-state index is 0.0407. The van der Waals surface area contributed by atoms with E-state index in [-0.39, 0.29) is 22.2 Å². The van der Waals surface area contributed by atoms with Crippen LogP contribution in [0, 0.1) is 5.82 Å². The van der Waals surface area contributed by atoms with Gasteiger partial charge in [0.05, 0.1) is 18.3 Å². The molecule has 2 aromatic rings. The monoisotopic (exact) mass is 365 g/mol. The lowest BCUT2D eigenvalue weighted by atomic mass is 10.2. The highest BCUT2D eigenvalue weighted by atomic mass is 35.5. The van der Waals surface area contributed by atoms with Crippen molar-refractivity contribution in [3.05, 3.63) is 52.8 Å². The summed E-state index contributed by atoms with van der Waals surface area (Å²) in [6, 6.07) is 7.92. The zero-order chi connectivity index (χ0) is 18.4. The minimum atomic E-state index is -1.03. The van der Waals surface area contributed by atoms with E-state index in [0.717, 1.165) is 6.07 Å². The highest BCUT2D eigenvalue weighted by Gasteiger charge is 2.13. The van der Waals surface area contributed by atoms with Gasteiger partial charge in [-0.1, -0.05) is 11.6 Å². The molecule has 0 atom stereocenters. The molecule has 130 valence electrons. The number of hydrogen-bond donors (Lipinski definition) is 3. The first-order chi connectivity index (χ1) is 11.9. The number of halogens is 2. The number of carbonyl (C=O) groups excluding carboxylic acids is 2. The fraction of sp³-hybridized carbons (Fsp3) is 0.0625. The molecular formula is C16H13ClFN3O4. The first-order valence-corrected chi connectivity index (χ1v) is 7.25. The number of benzene rings is 2. The summed E-state index contributed by atoms with van der Waals surface area (Å²) in [5.74, 6) is -2.47. The molecule has 0 saturated heterocycles. The molecule has 0 unspecified atom stereocenters. The molecule has 2 aromatic carbocycles.